The monoisotopic (exact) mass is 282 g/mol. The summed E-state index contributed by atoms with van der Waals surface area (Å²) in [5, 5.41) is 8.70. The van der Waals surface area contributed by atoms with Crippen molar-refractivity contribution >= 4 is 15.5 Å². The largest absolute Gasteiger partial charge is 0.490 e. The number of ether oxygens (including phenoxy) is 1. The summed E-state index contributed by atoms with van der Waals surface area (Å²) in [6, 6.07) is 6.60. The highest BCUT2D eigenvalue weighted by Gasteiger charge is 2.28. The zero-order valence-electron chi connectivity index (χ0n) is 11.3. The van der Waals surface area contributed by atoms with Gasteiger partial charge in [0.05, 0.1) is 27.8 Å². The quantitative estimate of drug-likeness (QED) is 0.849. The number of sulfone groups is 1. The normalized spacial score (nSPS) is 11.9. The Balaban J connectivity index is 2.68. The molecule has 0 bridgehead atoms. The van der Waals surface area contributed by atoms with E-state index in [1.54, 1.807) is 32.9 Å². The lowest BCUT2D eigenvalue weighted by Gasteiger charge is -2.19. The highest BCUT2D eigenvalue weighted by atomic mass is 32.2. The summed E-state index contributed by atoms with van der Waals surface area (Å²) in [6.07, 6.45) is 0. The van der Waals surface area contributed by atoms with Crippen LogP contribution < -0.4 is 10.5 Å². The number of anilines is 1. The second-order valence-electron chi connectivity index (χ2n) is 5.14. The van der Waals surface area contributed by atoms with Gasteiger partial charge in [-0.15, -0.1) is 0 Å². The second kappa shape index (κ2) is 5.49. The molecule has 0 atom stereocenters. The first-order chi connectivity index (χ1) is 8.67. The van der Waals surface area contributed by atoms with E-state index in [9.17, 15) is 8.42 Å². The first-order valence-corrected chi connectivity index (χ1v) is 7.47. The third kappa shape index (κ3) is 3.86. The van der Waals surface area contributed by atoms with E-state index in [-0.39, 0.29) is 12.4 Å². The van der Waals surface area contributed by atoms with Crippen LogP contribution in [-0.4, -0.2) is 25.5 Å². The molecular formula is C13H18N2O3S. The number of rotatable bonds is 4. The first kappa shape index (κ1) is 15.3. The van der Waals surface area contributed by atoms with Crippen LogP contribution in [0.2, 0.25) is 0 Å². The molecule has 6 heteroatoms. The number of hydrogen-bond donors (Lipinski definition) is 1. The minimum absolute atomic E-state index is 0.0374. The Morgan fingerprint density at radius 3 is 2.47 bits per heavy atom. The van der Waals surface area contributed by atoms with Gasteiger partial charge >= 0.3 is 0 Å². The maximum absolute atomic E-state index is 11.9. The predicted molar refractivity (Wildman–Crippen MR) is 74.6 cm³/mol. The Kier molecular flexibility index (Phi) is 4.43. The molecule has 0 spiro atoms. The van der Waals surface area contributed by atoms with Crippen LogP contribution in [-0.2, 0) is 9.84 Å². The molecule has 19 heavy (non-hydrogen) atoms. The summed E-state index contributed by atoms with van der Waals surface area (Å²) >= 11 is 0. The summed E-state index contributed by atoms with van der Waals surface area (Å²) in [5.74, 6) is 0.318. The molecule has 5 nitrogen and oxygen atoms in total. The van der Waals surface area contributed by atoms with Crippen LogP contribution in [0.25, 0.3) is 0 Å². The van der Waals surface area contributed by atoms with Gasteiger partial charge in [-0.05, 0) is 39.0 Å². The highest BCUT2D eigenvalue weighted by Crippen LogP contribution is 2.23. The second-order valence-corrected chi connectivity index (χ2v) is 8.01. The van der Waals surface area contributed by atoms with E-state index >= 15 is 0 Å². The lowest BCUT2D eigenvalue weighted by molar-refractivity contribution is 0.341. The Bertz CT molecular complexity index is 595. The SMILES string of the molecule is CC(C)(C)S(=O)(=O)CCOc1ccc(C#N)cc1N. The zero-order valence-corrected chi connectivity index (χ0v) is 12.1. The van der Waals surface area contributed by atoms with Crippen molar-refractivity contribution < 1.29 is 13.2 Å². The average Bonchev–Trinajstić information content (AvgIpc) is 2.29. The molecule has 0 aliphatic heterocycles. The molecule has 0 radical (unpaired) electrons. The maximum atomic E-state index is 11.9. The fourth-order valence-electron chi connectivity index (χ4n) is 1.32. The number of nitriles is 1. The summed E-state index contributed by atoms with van der Waals surface area (Å²) in [7, 11) is -3.21. The molecule has 1 rings (SSSR count). The highest BCUT2D eigenvalue weighted by molar-refractivity contribution is 7.92. The van der Waals surface area contributed by atoms with Gasteiger partial charge in [0.1, 0.15) is 12.4 Å². The van der Waals surface area contributed by atoms with E-state index in [4.69, 9.17) is 15.7 Å². The third-order valence-corrected chi connectivity index (χ3v) is 5.25. The number of nitrogen functional groups attached to an aromatic ring is 1. The number of hydrogen-bond acceptors (Lipinski definition) is 5. The first-order valence-electron chi connectivity index (χ1n) is 5.82. The fourth-order valence-corrected chi connectivity index (χ4v) is 2.23. The Morgan fingerprint density at radius 2 is 2.00 bits per heavy atom. The van der Waals surface area contributed by atoms with Crippen molar-refractivity contribution in [2.24, 2.45) is 0 Å². The molecule has 0 saturated heterocycles. The van der Waals surface area contributed by atoms with Gasteiger partial charge in [-0.3, -0.25) is 0 Å². The molecule has 1 aromatic rings. The summed E-state index contributed by atoms with van der Waals surface area (Å²) in [5.41, 5.74) is 6.47. The van der Waals surface area contributed by atoms with Crippen LogP contribution in [0.4, 0.5) is 5.69 Å². The van der Waals surface area contributed by atoms with E-state index in [2.05, 4.69) is 0 Å². The van der Waals surface area contributed by atoms with Gasteiger partial charge in [-0.1, -0.05) is 0 Å². The van der Waals surface area contributed by atoms with Crippen LogP contribution in [0, 0.1) is 11.3 Å². The van der Waals surface area contributed by atoms with Crippen molar-refractivity contribution in [3.05, 3.63) is 23.8 Å². The predicted octanol–water partition coefficient (Wildman–Crippen LogP) is 1.73. The molecule has 1 aromatic carbocycles. The Labute approximate surface area is 113 Å². The lowest BCUT2D eigenvalue weighted by Crippen LogP contribution is -2.32. The smallest absolute Gasteiger partial charge is 0.158 e. The van der Waals surface area contributed by atoms with Gasteiger partial charge in [0.15, 0.2) is 9.84 Å². The number of benzene rings is 1. The molecule has 0 aliphatic rings. The molecule has 104 valence electrons. The summed E-state index contributed by atoms with van der Waals surface area (Å²) in [6.45, 7) is 4.99. The van der Waals surface area contributed by atoms with E-state index in [1.165, 1.54) is 6.07 Å². The van der Waals surface area contributed by atoms with Crippen LogP contribution in [0.5, 0.6) is 5.75 Å². The van der Waals surface area contributed by atoms with Crippen LogP contribution in [0.1, 0.15) is 26.3 Å². The van der Waals surface area contributed by atoms with Crippen molar-refractivity contribution in [2.45, 2.75) is 25.5 Å². The topological polar surface area (TPSA) is 93.2 Å². The van der Waals surface area contributed by atoms with Crippen LogP contribution in [0.3, 0.4) is 0 Å². The standard InChI is InChI=1S/C13H18N2O3S/c1-13(2,3)19(16,17)7-6-18-12-5-4-10(9-14)8-11(12)15/h4-5,8H,6-7,15H2,1-3H3. The summed E-state index contributed by atoms with van der Waals surface area (Å²) in [4.78, 5) is 0. The summed E-state index contributed by atoms with van der Waals surface area (Å²) < 4.78 is 28.3. The molecular weight excluding hydrogens is 264 g/mol. The fraction of sp³-hybridized carbons (Fsp3) is 0.462. The molecule has 0 heterocycles. The van der Waals surface area contributed by atoms with E-state index in [0.29, 0.717) is 17.0 Å². The van der Waals surface area contributed by atoms with E-state index in [1.807, 2.05) is 6.07 Å². The Hall–Kier alpha value is -1.74. The van der Waals surface area contributed by atoms with Gasteiger partial charge in [0, 0.05) is 0 Å². The molecule has 0 amide bonds. The minimum Gasteiger partial charge on any atom is -0.490 e. The average molecular weight is 282 g/mol. The van der Waals surface area contributed by atoms with Crippen LogP contribution >= 0.6 is 0 Å². The number of nitrogens with zero attached hydrogens (tertiary/aromatic N) is 1. The maximum Gasteiger partial charge on any atom is 0.158 e. The molecule has 0 fully saturated rings. The van der Waals surface area contributed by atoms with Gasteiger partial charge in [0.25, 0.3) is 0 Å². The molecule has 0 saturated carbocycles. The Morgan fingerprint density at radius 1 is 1.37 bits per heavy atom. The molecule has 2 N–H and O–H groups in total. The zero-order chi connectivity index (χ0) is 14.7. The van der Waals surface area contributed by atoms with Crippen molar-refractivity contribution in [2.75, 3.05) is 18.1 Å². The van der Waals surface area contributed by atoms with Crippen molar-refractivity contribution in [3.8, 4) is 11.8 Å². The van der Waals surface area contributed by atoms with Gasteiger partial charge in [-0.2, -0.15) is 5.26 Å². The van der Waals surface area contributed by atoms with Crippen molar-refractivity contribution in [1.82, 2.24) is 0 Å². The molecule has 0 aromatic heterocycles. The van der Waals surface area contributed by atoms with E-state index < -0.39 is 14.6 Å². The van der Waals surface area contributed by atoms with E-state index in [0.717, 1.165) is 0 Å². The van der Waals surface area contributed by atoms with Crippen molar-refractivity contribution in [3.63, 3.8) is 0 Å². The molecule has 0 unspecified atom stereocenters. The molecule has 0 aliphatic carbocycles. The lowest BCUT2D eigenvalue weighted by atomic mass is 10.2. The van der Waals surface area contributed by atoms with Gasteiger partial charge < -0.3 is 10.5 Å². The van der Waals surface area contributed by atoms with Gasteiger partial charge in [0.2, 0.25) is 0 Å². The third-order valence-electron chi connectivity index (χ3n) is 2.68. The minimum atomic E-state index is -3.21. The number of nitrogens with two attached hydrogens (primary N) is 1. The van der Waals surface area contributed by atoms with Gasteiger partial charge in [-0.25, -0.2) is 8.42 Å². The van der Waals surface area contributed by atoms with Crippen LogP contribution in [0.15, 0.2) is 18.2 Å². The van der Waals surface area contributed by atoms with Crippen molar-refractivity contribution in [1.29, 1.82) is 5.26 Å².